The molecule has 7 heteroatoms. The van der Waals surface area contributed by atoms with Crippen LogP contribution in [0.4, 0.5) is 0 Å². The van der Waals surface area contributed by atoms with Crippen molar-refractivity contribution in [1.29, 1.82) is 0 Å². The first kappa shape index (κ1) is 15.8. The van der Waals surface area contributed by atoms with E-state index in [0.717, 1.165) is 43.3 Å². The van der Waals surface area contributed by atoms with Crippen molar-refractivity contribution in [2.45, 2.75) is 13.8 Å². The Labute approximate surface area is 119 Å². The highest BCUT2D eigenvalue weighted by molar-refractivity contribution is 5.85. The number of hydrogen-bond acceptors (Lipinski definition) is 4. The molecular weight excluding hydrogens is 268 g/mol. The van der Waals surface area contributed by atoms with Crippen molar-refractivity contribution >= 4 is 18.3 Å². The Bertz CT molecular complexity index is 441. The Morgan fingerprint density at radius 1 is 1.37 bits per heavy atom. The number of amides is 1. The highest BCUT2D eigenvalue weighted by Crippen LogP contribution is 2.21. The topological polar surface area (TPSA) is 59.4 Å². The first-order chi connectivity index (χ1) is 8.59. The number of aromatic nitrogens is 2. The molecule has 6 nitrogen and oxygen atoms in total. The molecule has 1 amide bonds. The Balaban J connectivity index is 0.00000180. The molecule has 1 aliphatic heterocycles. The number of nitrogens with zero attached hydrogens (tertiary/aromatic N) is 3. The van der Waals surface area contributed by atoms with Gasteiger partial charge in [0, 0.05) is 33.2 Å². The number of carbonyl (C=O) groups is 1. The van der Waals surface area contributed by atoms with Crippen molar-refractivity contribution in [2.24, 2.45) is 7.05 Å². The van der Waals surface area contributed by atoms with E-state index in [1.807, 2.05) is 25.8 Å². The van der Waals surface area contributed by atoms with Gasteiger partial charge in [-0.1, -0.05) is 0 Å². The van der Waals surface area contributed by atoms with Crippen LogP contribution in [0.3, 0.4) is 0 Å². The molecule has 1 aromatic rings. The molecule has 2 rings (SSSR count). The molecule has 0 radical (unpaired) electrons. The molecule has 0 saturated carbocycles. The minimum absolute atomic E-state index is 0. The van der Waals surface area contributed by atoms with Crippen LogP contribution < -0.4 is 10.1 Å². The van der Waals surface area contributed by atoms with Gasteiger partial charge in [0.15, 0.2) is 12.4 Å². The lowest BCUT2D eigenvalue weighted by Gasteiger charge is -2.27. The summed E-state index contributed by atoms with van der Waals surface area (Å²) in [6.07, 6.45) is 0. The van der Waals surface area contributed by atoms with Gasteiger partial charge in [-0.05, 0) is 13.8 Å². The largest absolute Gasteiger partial charge is 0.480 e. The molecule has 19 heavy (non-hydrogen) atoms. The maximum Gasteiger partial charge on any atom is 0.260 e. The molecule has 1 aliphatic rings. The molecule has 0 bridgehead atoms. The van der Waals surface area contributed by atoms with E-state index in [2.05, 4.69) is 10.4 Å². The SMILES string of the molecule is Cc1nn(C)c(C)c1OCC(=O)N1CCNCC1.Cl. The van der Waals surface area contributed by atoms with Crippen LogP contribution in [-0.2, 0) is 11.8 Å². The molecule has 108 valence electrons. The monoisotopic (exact) mass is 288 g/mol. The summed E-state index contributed by atoms with van der Waals surface area (Å²) in [7, 11) is 1.87. The van der Waals surface area contributed by atoms with Crippen LogP contribution in [0.25, 0.3) is 0 Å². The zero-order chi connectivity index (χ0) is 13.1. The van der Waals surface area contributed by atoms with Crippen LogP contribution in [0, 0.1) is 13.8 Å². The molecular formula is C12H21ClN4O2. The van der Waals surface area contributed by atoms with Crippen LogP contribution in [0.2, 0.25) is 0 Å². The zero-order valence-corrected chi connectivity index (χ0v) is 12.4. The van der Waals surface area contributed by atoms with Gasteiger partial charge in [0.05, 0.1) is 5.69 Å². The van der Waals surface area contributed by atoms with Crippen LogP contribution >= 0.6 is 12.4 Å². The maximum atomic E-state index is 11.9. The lowest BCUT2D eigenvalue weighted by Crippen LogP contribution is -2.47. The molecule has 1 N–H and O–H groups in total. The second-order valence-corrected chi connectivity index (χ2v) is 4.54. The smallest absolute Gasteiger partial charge is 0.260 e. The summed E-state index contributed by atoms with van der Waals surface area (Å²) in [6, 6.07) is 0. The van der Waals surface area contributed by atoms with Gasteiger partial charge in [-0.2, -0.15) is 5.10 Å². The van der Waals surface area contributed by atoms with Gasteiger partial charge in [-0.25, -0.2) is 0 Å². The Kier molecular flexibility index (Phi) is 5.62. The Hall–Kier alpha value is -1.27. The van der Waals surface area contributed by atoms with Gasteiger partial charge in [-0.3, -0.25) is 9.48 Å². The van der Waals surface area contributed by atoms with Crippen molar-refractivity contribution < 1.29 is 9.53 Å². The summed E-state index contributed by atoms with van der Waals surface area (Å²) in [5.74, 6) is 0.764. The number of rotatable bonds is 3. The highest BCUT2D eigenvalue weighted by atomic mass is 35.5. The summed E-state index contributed by atoms with van der Waals surface area (Å²) >= 11 is 0. The van der Waals surface area contributed by atoms with Crippen molar-refractivity contribution in [3.8, 4) is 5.75 Å². The fourth-order valence-electron chi connectivity index (χ4n) is 2.10. The summed E-state index contributed by atoms with van der Waals surface area (Å²) in [5.41, 5.74) is 1.77. The lowest BCUT2D eigenvalue weighted by atomic mass is 10.3. The highest BCUT2D eigenvalue weighted by Gasteiger charge is 2.18. The molecule has 0 atom stereocenters. The predicted molar refractivity (Wildman–Crippen MR) is 74.9 cm³/mol. The molecule has 2 heterocycles. The van der Waals surface area contributed by atoms with E-state index in [1.165, 1.54) is 0 Å². The number of carbonyl (C=O) groups excluding carboxylic acids is 1. The summed E-state index contributed by atoms with van der Waals surface area (Å²) in [5, 5.41) is 7.47. The van der Waals surface area contributed by atoms with Gasteiger partial charge in [0.2, 0.25) is 0 Å². The minimum Gasteiger partial charge on any atom is -0.480 e. The van der Waals surface area contributed by atoms with E-state index in [9.17, 15) is 4.79 Å². The average Bonchev–Trinajstić information content (AvgIpc) is 2.62. The van der Waals surface area contributed by atoms with Crippen LogP contribution in [0.15, 0.2) is 0 Å². The third-order valence-electron chi connectivity index (χ3n) is 3.25. The van der Waals surface area contributed by atoms with Crippen LogP contribution in [0.1, 0.15) is 11.4 Å². The van der Waals surface area contributed by atoms with E-state index in [1.54, 1.807) is 4.68 Å². The van der Waals surface area contributed by atoms with Gasteiger partial charge < -0.3 is 15.0 Å². The second-order valence-electron chi connectivity index (χ2n) is 4.54. The van der Waals surface area contributed by atoms with E-state index in [0.29, 0.717) is 0 Å². The molecule has 1 fully saturated rings. The van der Waals surface area contributed by atoms with Crippen molar-refractivity contribution in [3.63, 3.8) is 0 Å². The lowest BCUT2D eigenvalue weighted by molar-refractivity contribution is -0.133. The van der Waals surface area contributed by atoms with Crippen molar-refractivity contribution in [1.82, 2.24) is 20.0 Å². The van der Waals surface area contributed by atoms with Gasteiger partial charge in [0.25, 0.3) is 5.91 Å². The number of aryl methyl sites for hydroxylation is 2. The quantitative estimate of drug-likeness (QED) is 0.867. The first-order valence-electron chi connectivity index (χ1n) is 6.21. The number of piperazine rings is 1. The normalized spacial score (nSPS) is 15.0. The van der Waals surface area contributed by atoms with Crippen molar-refractivity contribution in [3.05, 3.63) is 11.4 Å². The number of hydrogen-bond donors (Lipinski definition) is 1. The number of nitrogens with one attached hydrogen (secondary N) is 1. The predicted octanol–water partition coefficient (Wildman–Crippen LogP) is 0.269. The van der Waals surface area contributed by atoms with Gasteiger partial charge in [-0.15, -0.1) is 12.4 Å². The standard InChI is InChI=1S/C12H20N4O2.ClH/c1-9-12(10(2)15(3)14-9)18-8-11(17)16-6-4-13-5-7-16;/h13H,4-8H2,1-3H3;1H. The van der Waals surface area contributed by atoms with Gasteiger partial charge >= 0.3 is 0 Å². The molecule has 0 spiro atoms. The molecule has 1 saturated heterocycles. The van der Waals surface area contributed by atoms with E-state index >= 15 is 0 Å². The zero-order valence-electron chi connectivity index (χ0n) is 11.6. The molecule has 0 aliphatic carbocycles. The molecule has 0 unspecified atom stereocenters. The third-order valence-corrected chi connectivity index (χ3v) is 3.25. The van der Waals surface area contributed by atoms with Crippen molar-refractivity contribution in [2.75, 3.05) is 32.8 Å². The molecule has 0 aromatic carbocycles. The summed E-state index contributed by atoms with van der Waals surface area (Å²) in [6.45, 7) is 7.14. The second kappa shape index (κ2) is 6.77. The fraction of sp³-hybridized carbons (Fsp3) is 0.667. The van der Waals surface area contributed by atoms with E-state index < -0.39 is 0 Å². The maximum absolute atomic E-state index is 11.9. The Morgan fingerprint density at radius 2 is 2.00 bits per heavy atom. The third kappa shape index (κ3) is 3.61. The minimum atomic E-state index is 0. The van der Waals surface area contributed by atoms with Crippen LogP contribution in [-0.4, -0.2) is 53.4 Å². The van der Waals surface area contributed by atoms with E-state index in [-0.39, 0.29) is 24.9 Å². The average molecular weight is 289 g/mol. The van der Waals surface area contributed by atoms with E-state index in [4.69, 9.17) is 4.74 Å². The summed E-state index contributed by atoms with van der Waals surface area (Å²) < 4.78 is 7.37. The fourth-order valence-corrected chi connectivity index (χ4v) is 2.10. The van der Waals surface area contributed by atoms with Crippen LogP contribution in [0.5, 0.6) is 5.75 Å². The number of ether oxygens (including phenoxy) is 1. The number of halogens is 1. The summed E-state index contributed by atoms with van der Waals surface area (Å²) in [4.78, 5) is 13.8. The Morgan fingerprint density at radius 3 is 2.53 bits per heavy atom. The van der Waals surface area contributed by atoms with Gasteiger partial charge in [0.1, 0.15) is 5.69 Å². The molecule has 1 aromatic heterocycles. The first-order valence-corrected chi connectivity index (χ1v) is 6.21.